The minimum Gasteiger partial charge on any atom is -0.351 e. The number of carbonyl (C=O) groups is 4. The van der Waals surface area contributed by atoms with Crippen LogP contribution in [0.5, 0.6) is 0 Å². The first-order chi connectivity index (χ1) is 23.7. The molecule has 50 heavy (non-hydrogen) atoms. The van der Waals surface area contributed by atoms with Crippen LogP contribution in [0.15, 0.2) is 103 Å². The van der Waals surface area contributed by atoms with E-state index in [9.17, 15) is 27.6 Å². The summed E-state index contributed by atoms with van der Waals surface area (Å²) < 4.78 is 27.5. The first-order valence-electron chi connectivity index (χ1n) is 16.2. The second-order valence-corrected chi connectivity index (χ2v) is 15.2. The van der Waals surface area contributed by atoms with Gasteiger partial charge in [-0.2, -0.15) is 0 Å². The van der Waals surface area contributed by atoms with Gasteiger partial charge in [0.1, 0.15) is 12.6 Å². The maximum absolute atomic E-state index is 14.8. The van der Waals surface area contributed by atoms with Crippen molar-refractivity contribution in [1.82, 2.24) is 5.32 Å². The third-order valence-corrected chi connectivity index (χ3v) is 9.97. The van der Waals surface area contributed by atoms with Crippen molar-refractivity contribution in [2.24, 2.45) is 5.73 Å². The molecule has 0 spiro atoms. The standard InChI is InChI=1S/C38H41N5O6S/c1-26-18-19-31-32(28-14-9-6-10-15-28)22-34(36(46)41(33(31)20-26)23-35(45)40-38(2,3)4)43(37(39)47)30-17-11-16-29(21-30)42(25-44)50(48,49)24-27-12-7-5-8-13-27/h5-21,25,32,34H,22-24H2,1-4H3,(H2,39,47)(H,40,45). The number of hydrogen-bond donors (Lipinski definition) is 2. The molecule has 260 valence electrons. The number of amides is 5. The number of urea groups is 1. The molecule has 0 radical (unpaired) electrons. The van der Waals surface area contributed by atoms with Gasteiger partial charge in [-0.15, -0.1) is 0 Å². The lowest BCUT2D eigenvalue weighted by molar-refractivity contribution is -0.125. The average Bonchev–Trinajstić information content (AvgIpc) is 3.15. The van der Waals surface area contributed by atoms with Gasteiger partial charge >= 0.3 is 6.03 Å². The monoisotopic (exact) mass is 695 g/mol. The van der Waals surface area contributed by atoms with Gasteiger partial charge in [0.15, 0.2) is 0 Å². The van der Waals surface area contributed by atoms with E-state index in [1.807, 2.05) is 76.2 Å². The van der Waals surface area contributed by atoms with Gasteiger partial charge in [0.25, 0.3) is 5.91 Å². The molecule has 2 unspecified atom stereocenters. The first-order valence-corrected chi connectivity index (χ1v) is 17.8. The van der Waals surface area contributed by atoms with E-state index in [0.717, 1.165) is 21.6 Å². The quantitative estimate of drug-likeness (QED) is 0.217. The number of anilines is 3. The second-order valence-electron chi connectivity index (χ2n) is 13.4. The summed E-state index contributed by atoms with van der Waals surface area (Å²) in [6.45, 7) is 7.08. The van der Waals surface area contributed by atoms with Crippen LogP contribution in [-0.2, 0) is 30.2 Å². The predicted octanol–water partition coefficient (Wildman–Crippen LogP) is 5.23. The molecule has 2 atom stereocenters. The number of benzene rings is 4. The van der Waals surface area contributed by atoms with Crippen molar-refractivity contribution in [3.63, 3.8) is 0 Å². The van der Waals surface area contributed by atoms with Gasteiger partial charge in [-0.05, 0) is 80.6 Å². The highest BCUT2D eigenvalue weighted by molar-refractivity contribution is 7.92. The molecular weight excluding hydrogens is 655 g/mol. The molecule has 0 aliphatic carbocycles. The van der Waals surface area contributed by atoms with E-state index in [0.29, 0.717) is 15.6 Å². The zero-order valence-electron chi connectivity index (χ0n) is 28.4. The van der Waals surface area contributed by atoms with Gasteiger partial charge < -0.3 is 16.0 Å². The molecule has 1 aliphatic heterocycles. The van der Waals surface area contributed by atoms with E-state index in [1.54, 1.807) is 30.3 Å². The van der Waals surface area contributed by atoms with Crippen LogP contribution < -0.4 is 25.2 Å². The highest BCUT2D eigenvalue weighted by Crippen LogP contribution is 2.42. The lowest BCUT2D eigenvalue weighted by Crippen LogP contribution is -2.55. The Kier molecular flexibility index (Phi) is 10.4. The zero-order valence-corrected chi connectivity index (χ0v) is 29.3. The number of fused-ring (bicyclic) bond motifs is 1. The molecule has 4 aromatic carbocycles. The number of carbonyl (C=O) groups excluding carboxylic acids is 4. The van der Waals surface area contributed by atoms with E-state index in [-0.39, 0.29) is 30.8 Å². The van der Waals surface area contributed by atoms with Crippen LogP contribution in [0.1, 0.15) is 55.4 Å². The van der Waals surface area contributed by atoms with E-state index >= 15 is 0 Å². The highest BCUT2D eigenvalue weighted by Gasteiger charge is 2.42. The van der Waals surface area contributed by atoms with Crippen LogP contribution in [0.3, 0.4) is 0 Å². The molecule has 11 nitrogen and oxygen atoms in total. The Balaban J connectivity index is 1.62. The second kappa shape index (κ2) is 14.6. The van der Waals surface area contributed by atoms with Crippen LogP contribution in [0.25, 0.3) is 0 Å². The number of hydrogen-bond acceptors (Lipinski definition) is 6. The van der Waals surface area contributed by atoms with E-state index in [2.05, 4.69) is 5.32 Å². The van der Waals surface area contributed by atoms with Crippen molar-refractivity contribution in [3.05, 3.63) is 125 Å². The summed E-state index contributed by atoms with van der Waals surface area (Å²) >= 11 is 0. The minimum absolute atomic E-state index is 0.0410. The third kappa shape index (κ3) is 8.03. The van der Waals surface area contributed by atoms with Crippen molar-refractivity contribution in [3.8, 4) is 0 Å². The zero-order chi connectivity index (χ0) is 36.2. The molecule has 0 saturated heterocycles. The van der Waals surface area contributed by atoms with Crippen molar-refractivity contribution >= 4 is 51.3 Å². The fourth-order valence-electron chi connectivity index (χ4n) is 6.30. The Labute approximate surface area is 292 Å². The SMILES string of the molecule is Cc1ccc2c(c1)N(CC(=O)NC(C)(C)C)C(=O)C(N(C(N)=O)c1cccc(N(C=O)S(=O)(=O)Cc3ccccc3)c1)CC2c1ccccc1. The number of nitrogens with one attached hydrogen (secondary N) is 1. The molecule has 0 fully saturated rings. The van der Waals surface area contributed by atoms with Crippen LogP contribution in [0, 0.1) is 6.92 Å². The number of nitrogens with zero attached hydrogens (tertiary/aromatic N) is 3. The molecule has 0 bridgehead atoms. The number of sulfonamides is 1. The van der Waals surface area contributed by atoms with Crippen LogP contribution in [0.4, 0.5) is 21.9 Å². The van der Waals surface area contributed by atoms with Gasteiger partial charge in [0.05, 0.1) is 11.4 Å². The van der Waals surface area contributed by atoms with Crippen LogP contribution in [0.2, 0.25) is 0 Å². The number of aryl methyl sites for hydroxylation is 1. The van der Waals surface area contributed by atoms with Crippen molar-refractivity contribution in [2.75, 3.05) is 20.6 Å². The smallest absolute Gasteiger partial charge is 0.320 e. The first kappa shape index (κ1) is 35.8. The highest BCUT2D eigenvalue weighted by atomic mass is 32.2. The average molecular weight is 696 g/mol. The lowest BCUT2D eigenvalue weighted by atomic mass is 9.85. The molecule has 0 saturated carbocycles. The Hall–Kier alpha value is -5.49. The number of nitrogens with two attached hydrogens (primary N) is 1. The summed E-state index contributed by atoms with van der Waals surface area (Å²) in [6, 6.07) is 27.2. The normalized spacial score (nSPS) is 16.2. The molecule has 4 aromatic rings. The van der Waals surface area contributed by atoms with Gasteiger partial charge in [-0.25, -0.2) is 17.5 Å². The molecular formula is C38H41N5O6S. The Morgan fingerprint density at radius 3 is 2.18 bits per heavy atom. The van der Waals surface area contributed by atoms with Crippen LogP contribution >= 0.6 is 0 Å². The summed E-state index contributed by atoms with van der Waals surface area (Å²) in [5.41, 5.74) is 9.09. The molecule has 1 aliphatic rings. The lowest BCUT2D eigenvalue weighted by Gasteiger charge is -2.33. The maximum atomic E-state index is 14.8. The molecule has 12 heteroatoms. The summed E-state index contributed by atoms with van der Waals surface area (Å²) in [6.07, 6.45) is 0.288. The fourth-order valence-corrected chi connectivity index (χ4v) is 7.61. The summed E-state index contributed by atoms with van der Waals surface area (Å²) in [7, 11) is -4.19. The van der Waals surface area contributed by atoms with Gasteiger partial charge in [0.2, 0.25) is 22.3 Å². The van der Waals surface area contributed by atoms with E-state index in [4.69, 9.17) is 5.73 Å². The predicted molar refractivity (Wildman–Crippen MR) is 194 cm³/mol. The van der Waals surface area contributed by atoms with E-state index in [1.165, 1.54) is 29.2 Å². The molecule has 3 N–H and O–H groups in total. The topological polar surface area (TPSA) is 150 Å². The van der Waals surface area contributed by atoms with Gasteiger partial charge in [-0.3, -0.25) is 19.3 Å². The molecule has 1 heterocycles. The molecule has 0 aromatic heterocycles. The molecule has 5 rings (SSSR count). The number of rotatable bonds is 10. The number of primary amides is 1. The van der Waals surface area contributed by atoms with Gasteiger partial charge in [0, 0.05) is 22.8 Å². The maximum Gasteiger partial charge on any atom is 0.320 e. The summed E-state index contributed by atoms with van der Waals surface area (Å²) in [5, 5.41) is 2.92. The third-order valence-electron chi connectivity index (χ3n) is 8.38. The van der Waals surface area contributed by atoms with Crippen LogP contribution in [-0.4, -0.2) is 50.8 Å². The summed E-state index contributed by atoms with van der Waals surface area (Å²) in [5.74, 6) is -1.79. The minimum atomic E-state index is -4.19. The van der Waals surface area contributed by atoms with E-state index < -0.39 is 51.1 Å². The Morgan fingerprint density at radius 2 is 1.56 bits per heavy atom. The summed E-state index contributed by atoms with van der Waals surface area (Å²) in [4.78, 5) is 56.4. The van der Waals surface area contributed by atoms with Crippen molar-refractivity contribution in [2.45, 2.75) is 57.4 Å². The van der Waals surface area contributed by atoms with Gasteiger partial charge in [-0.1, -0.05) is 78.9 Å². The Bertz CT molecular complexity index is 2000. The largest absolute Gasteiger partial charge is 0.351 e. The van der Waals surface area contributed by atoms with Crippen molar-refractivity contribution in [1.29, 1.82) is 0 Å². The Morgan fingerprint density at radius 1 is 0.920 bits per heavy atom. The molecule has 5 amide bonds. The van der Waals surface area contributed by atoms with Crippen molar-refractivity contribution < 1.29 is 27.6 Å². The fraction of sp³-hybridized carbons (Fsp3) is 0.263.